The van der Waals surface area contributed by atoms with E-state index in [2.05, 4.69) is 26.2 Å². The number of rotatable bonds is 2. The van der Waals surface area contributed by atoms with Crippen molar-refractivity contribution >= 4 is 27.5 Å². The molecule has 0 aromatic carbocycles. The van der Waals surface area contributed by atoms with Crippen LogP contribution in [-0.4, -0.2) is 24.2 Å². The Bertz CT molecular complexity index is 401. The Kier molecular flexibility index (Phi) is 2.81. The van der Waals surface area contributed by atoms with E-state index in [1.54, 1.807) is 6.20 Å². The molecule has 3 atom stereocenters. The van der Waals surface area contributed by atoms with Gasteiger partial charge in [0, 0.05) is 31.1 Å². The fraction of sp³-hybridized carbons (Fsp3) is 0.545. The van der Waals surface area contributed by atoms with Crippen molar-refractivity contribution in [3.8, 4) is 5.88 Å². The zero-order valence-corrected chi connectivity index (χ0v) is 11.0. The molecule has 1 unspecified atom stereocenters. The van der Waals surface area contributed by atoms with E-state index in [1.165, 1.54) is 6.42 Å². The molecule has 1 saturated heterocycles. The summed E-state index contributed by atoms with van der Waals surface area (Å²) in [6.45, 7) is 2.12. The molecule has 2 aliphatic rings. The van der Waals surface area contributed by atoms with Gasteiger partial charge >= 0.3 is 0 Å². The zero-order valence-electron chi connectivity index (χ0n) is 8.62. The van der Waals surface area contributed by atoms with Crippen molar-refractivity contribution in [3.05, 3.63) is 21.8 Å². The van der Waals surface area contributed by atoms with Crippen LogP contribution < -0.4 is 10.1 Å². The third-order valence-corrected chi connectivity index (χ3v) is 4.14. The van der Waals surface area contributed by atoms with Crippen molar-refractivity contribution < 1.29 is 4.74 Å². The molecule has 2 fully saturated rings. The van der Waals surface area contributed by atoms with E-state index in [0.717, 1.165) is 17.6 Å². The largest absolute Gasteiger partial charge is 0.473 e. The highest BCUT2D eigenvalue weighted by atomic mass is 79.9. The second kappa shape index (κ2) is 4.17. The fourth-order valence-corrected chi connectivity index (χ4v) is 3.24. The van der Waals surface area contributed by atoms with Gasteiger partial charge in [0.25, 0.3) is 0 Å². The van der Waals surface area contributed by atoms with E-state index in [1.807, 2.05) is 6.07 Å². The SMILES string of the molecule is Clc1cnc(OC2[C@@H]3CNC[C@H]2C3)c(Br)c1. The minimum Gasteiger partial charge on any atom is -0.473 e. The van der Waals surface area contributed by atoms with Crippen LogP contribution in [0, 0.1) is 11.8 Å². The number of nitrogens with one attached hydrogen (secondary N) is 1. The Hall–Kier alpha value is -0.320. The van der Waals surface area contributed by atoms with Crippen LogP contribution in [0.4, 0.5) is 0 Å². The van der Waals surface area contributed by atoms with E-state index in [-0.39, 0.29) is 0 Å². The number of nitrogens with zero attached hydrogens (tertiary/aromatic N) is 1. The maximum Gasteiger partial charge on any atom is 0.228 e. The minimum absolute atomic E-state index is 0.325. The van der Waals surface area contributed by atoms with Crippen LogP contribution in [0.2, 0.25) is 5.02 Å². The molecular weight excluding hydrogens is 291 g/mol. The lowest BCUT2D eigenvalue weighted by Crippen LogP contribution is -2.59. The first-order valence-corrected chi connectivity index (χ1v) is 6.59. The first-order valence-electron chi connectivity index (χ1n) is 5.42. The number of hydrogen-bond donors (Lipinski definition) is 1. The average molecular weight is 304 g/mol. The summed E-state index contributed by atoms with van der Waals surface area (Å²) in [6, 6.07) is 1.82. The molecule has 0 radical (unpaired) electrons. The number of pyridine rings is 1. The van der Waals surface area contributed by atoms with Gasteiger partial charge in [-0.3, -0.25) is 0 Å². The predicted molar refractivity (Wildman–Crippen MR) is 65.8 cm³/mol. The zero-order chi connectivity index (χ0) is 11.1. The predicted octanol–water partition coefficient (Wildman–Crippen LogP) is 2.48. The quantitative estimate of drug-likeness (QED) is 0.911. The Labute approximate surface area is 108 Å². The van der Waals surface area contributed by atoms with Gasteiger partial charge in [0.15, 0.2) is 0 Å². The van der Waals surface area contributed by atoms with E-state index in [9.17, 15) is 0 Å². The first-order chi connectivity index (χ1) is 7.74. The highest BCUT2D eigenvalue weighted by Gasteiger charge is 2.45. The molecule has 3 nitrogen and oxygen atoms in total. The highest BCUT2D eigenvalue weighted by molar-refractivity contribution is 9.10. The topological polar surface area (TPSA) is 34.1 Å². The lowest BCUT2D eigenvalue weighted by atomic mass is 9.69. The molecule has 0 spiro atoms. The molecule has 16 heavy (non-hydrogen) atoms. The van der Waals surface area contributed by atoms with Crippen molar-refractivity contribution in [2.75, 3.05) is 13.1 Å². The highest BCUT2D eigenvalue weighted by Crippen LogP contribution is 2.40. The summed E-state index contributed by atoms with van der Waals surface area (Å²) in [6.07, 6.45) is 3.23. The van der Waals surface area contributed by atoms with E-state index < -0.39 is 0 Å². The standard InChI is InChI=1S/C11H12BrClN2O/c12-9-2-8(13)5-15-11(9)16-10-6-1-7(10)4-14-3-6/h2,5-7,10,14H,1,3-4H2/t6-,7+,10?. The Balaban J connectivity index is 1.74. The van der Waals surface area contributed by atoms with Crippen molar-refractivity contribution in [1.82, 2.24) is 10.3 Å². The van der Waals surface area contributed by atoms with Gasteiger partial charge in [-0.15, -0.1) is 0 Å². The van der Waals surface area contributed by atoms with Gasteiger partial charge in [-0.25, -0.2) is 4.98 Å². The molecule has 1 saturated carbocycles. The Morgan fingerprint density at radius 3 is 2.81 bits per heavy atom. The van der Waals surface area contributed by atoms with Crippen LogP contribution in [0.15, 0.2) is 16.7 Å². The smallest absolute Gasteiger partial charge is 0.228 e. The number of hydrogen-bond acceptors (Lipinski definition) is 3. The average Bonchev–Trinajstić information content (AvgIpc) is 2.28. The molecule has 1 aliphatic heterocycles. The molecule has 0 amide bonds. The van der Waals surface area contributed by atoms with Crippen LogP contribution in [0.5, 0.6) is 5.88 Å². The first kappa shape index (κ1) is 10.8. The maximum absolute atomic E-state index is 5.95. The molecule has 1 aliphatic carbocycles. The maximum atomic E-state index is 5.95. The molecule has 2 bridgehead atoms. The van der Waals surface area contributed by atoms with Gasteiger partial charge in [-0.1, -0.05) is 11.6 Å². The van der Waals surface area contributed by atoms with Crippen LogP contribution in [0.1, 0.15) is 6.42 Å². The molecule has 86 valence electrons. The molecule has 2 heterocycles. The lowest BCUT2D eigenvalue weighted by molar-refractivity contribution is -0.0474. The number of aromatic nitrogens is 1. The Morgan fingerprint density at radius 2 is 2.19 bits per heavy atom. The van der Waals surface area contributed by atoms with E-state index in [4.69, 9.17) is 16.3 Å². The van der Waals surface area contributed by atoms with Gasteiger partial charge in [0.1, 0.15) is 6.10 Å². The molecular formula is C11H12BrClN2O. The number of fused-ring (bicyclic) bond motifs is 2. The normalized spacial score (nSPS) is 32.0. The summed E-state index contributed by atoms with van der Waals surface area (Å²) in [5, 5.41) is 4.01. The van der Waals surface area contributed by atoms with Crippen LogP contribution >= 0.6 is 27.5 Å². The summed E-state index contributed by atoms with van der Waals surface area (Å²) >= 11 is 9.26. The second-order valence-corrected chi connectivity index (χ2v) is 5.73. The van der Waals surface area contributed by atoms with Crippen molar-refractivity contribution in [1.29, 1.82) is 0 Å². The third-order valence-electron chi connectivity index (χ3n) is 3.37. The number of piperidine rings is 2. The second-order valence-electron chi connectivity index (χ2n) is 4.44. The van der Waals surface area contributed by atoms with Gasteiger partial charge in [0.05, 0.1) is 9.50 Å². The molecule has 1 aromatic rings. The van der Waals surface area contributed by atoms with E-state index in [0.29, 0.717) is 28.8 Å². The van der Waals surface area contributed by atoms with Crippen LogP contribution in [0.3, 0.4) is 0 Å². The van der Waals surface area contributed by atoms with Crippen molar-refractivity contribution in [2.24, 2.45) is 11.8 Å². The van der Waals surface area contributed by atoms with Crippen LogP contribution in [0.25, 0.3) is 0 Å². The number of ether oxygens (including phenoxy) is 1. The summed E-state index contributed by atoms with van der Waals surface area (Å²) < 4.78 is 6.78. The molecule has 1 aromatic heterocycles. The number of halogens is 2. The van der Waals surface area contributed by atoms with Gasteiger partial charge < -0.3 is 10.1 Å². The van der Waals surface area contributed by atoms with Gasteiger partial charge in [-0.2, -0.15) is 0 Å². The van der Waals surface area contributed by atoms with Crippen LogP contribution in [-0.2, 0) is 0 Å². The third kappa shape index (κ3) is 1.83. The van der Waals surface area contributed by atoms with Gasteiger partial charge in [-0.05, 0) is 28.4 Å². The summed E-state index contributed by atoms with van der Waals surface area (Å²) in [5.74, 6) is 1.94. The molecule has 1 N–H and O–H groups in total. The minimum atomic E-state index is 0.325. The van der Waals surface area contributed by atoms with E-state index >= 15 is 0 Å². The van der Waals surface area contributed by atoms with Crippen molar-refractivity contribution in [2.45, 2.75) is 12.5 Å². The molecule has 3 rings (SSSR count). The monoisotopic (exact) mass is 302 g/mol. The molecule has 5 heteroatoms. The summed E-state index contributed by atoms with van der Waals surface area (Å²) in [4.78, 5) is 4.21. The lowest BCUT2D eigenvalue weighted by Gasteiger charge is -2.48. The summed E-state index contributed by atoms with van der Waals surface area (Å²) in [7, 11) is 0. The summed E-state index contributed by atoms with van der Waals surface area (Å²) in [5.41, 5.74) is 0. The van der Waals surface area contributed by atoms with Crippen molar-refractivity contribution in [3.63, 3.8) is 0 Å². The van der Waals surface area contributed by atoms with Gasteiger partial charge in [0.2, 0.25) is 5.88 Å². The Morgan fingerprint density at radius 1 is 1.44 bits per heavy atom. The fourth-order valence-electron chi connectivity index (χ4n) is 2.51.